The van der Waals surface area contributed by atoms with Crippen LogP contribution in [0, 0.1) is 6.92 Å². The van der Waals surface area contributed by atoms with Crippen LogP contribution in [0.25, 0.3) is 11.1 Å². The smallest absolute Gasteiger partial charge is 0.317 e. The van der Waals surface area contributed by atoms with E-state index in [1.165, 1.54) is 12.8 Å². The maximum atomic E-state index is 12.8. The van der Waals surface area contributed by atoms with E-state index in [1.807, 2.05) is 4.90 Å². The molecule has 1 saturated carbocycles. The third-order valence-corrected chi connectivity index (χ3v) is 5.28. The van der Waals surface area contributed by atoms with Crippen LogP contribution < -0.4 is 5.32 Å². The van der Waals surface area contributed by atoms with E-state index in [0.717, 1.165) is 12.8 Å². The van der Waals surface area contributed by atoms with Crippen LogP contribution >= 0.6 is 0 Å². The molecule has 2 aromatic rings. The first kappa shape index (κ1) is 16.9. The molecule has 7 heteroatoms. The molecule has 0 radical (unpaired) electrons. The number of hydrogen-bond acceptors (Lipinski definition) is 4. The number of carbonyl (C=O) groups excluding carboxylic acids is 2. The molecule has 4 rings (SSSR count). The molecule has 0 spiro atoms. The largest absolute Gasteiger partial charge is 0.441 e. The highest BCUT2D eigenvalue weighted by atomic mass is 16.3. The van der Waals surface area contributed by atoms with Gasteiger partial charge in [0, 0.05) is 44.7 Å². The lowest BCUT2D eigenvalue weighted by molar-refractivity contribution is 0.0663. The van der Waals surface area contributed by atoms with Crippen LogP contribution in [0.1, 0.15) is 41.9 Å². The molecular formula is C19H24N4O3. The number of aryl methyl sites for hydroxylation is 1. The third kappa shape index (κ3) is 3.38. The van der Waals surface area contributed by atoms with Gasteiger partial charge in [0.2, 0.25) is 0 Å². The van der Waals surface area contributed by atoms with Gasteiger partial charge >= 0.3 is 6.03 Å². The van der Waals surface area contributed by atoms with Crippen molar-refractivity contribution < 1.29 is 14.0 Å². The molecule has 0 bridgehead atoms. The lowest BCUT2D eigenvalue weighted by Crippen LogP contribution is -2.54. The molecule has 1 aromatic heterocycles. The van der Waals surface area contributed by atoms with E-state index in [0.29, 0.717) is 54.8 Å². The molecule has 2 heterocycles. The summed E-state index contributed by atoms with van der Waals surface area (Å²) in [5.41, 5.74) is 1.99. The van der Waals surface area contributed by atoms with E-state index in [4.69, 9.17) is 4.42 Å². The van der Waals surface area contributed by atoms with E-state index in [9.17, 15) is 9.59 Å². The Kier molecular flexibility index (Phi) is 4.53. The highest BCUT2D eigenvalue weighted by molar-refractivity contribution is 5.97. The highest BCUT2D eigenvalue weighted by Crippen LogP contribution is 2.20. The summed E-state index contributed by atoms with van der Waals surface area (Å²) in [7, 11) is 0. The predicted octanol–water partition coefficient (Wildman–Crippen LogP) is 2.55. The molecule has 1 aliphatic heterocycles. The molecule has 138 valence electrons. The average Bonchev–Trinajstić information content (AvgIpc) is 3.28. The molecule has 1 saturated heterocycles. The van der Waals surface area contributed by atoms with E-state index in [1.54, 1.807) is 30.0 Å². The second-order valence-corrected chi connectivity index (χ2v) is 7.13. The number of benzene rings is 1. The first-order chi connectivity index (χ1) is 12.6. The zero-order chi connectivity index (χ0) is 18.1. The van der Waals surface area contributed by atoms with Crippen LogP contribution in [0.2, 0.25) is 0 Å². The van der Waals surface area contributed by atoms with Crippen molar-refractivity contribution in [3.05, 3.63) is 29.7 Å². The minimum absolute atomic E-state index is 0.00323. The number of fused-ring (bicyclic) bond motifs is 1. The Morgan fingerprint density at radius 2 is 1.81 bits per heavy atom. The Hall–Kier alpha value is -2.57. The number of hydrogen-bond donors (Lipinski definition) is 1. The van der Waals surface area contributed by atoms with Gasteiger partial charge in [-0.25, -0.2) is 9.78 Å². The van der Waals surface area contributed by atoms with Gasteiger partial charge in [-0.05, 0) is 31.0 Å². The van der Waals surface area contributed by atoms with Gasteiger partial charge in [-0.1, -0.05) is 12.8 Å². The van der Waals surface area contributed by atoms with Crippen molar-refractivity contribution in [2.24, 2.45) is 0 Å². The number of urea groups is 1. The maximum absolute atomic E-state index is 12.8. The molecule has 1 N–H and O–H groups in total. The van der Waals surface area contributed by atoms with Gasteiger partial charge in [-0.3, -0.25) is 4.79 Å². The fourth-order valence-electron chi connectivity index (χ4n) is 3.81. The molecule has 2 aliphatic rings. The van der Waals surface area contributed by atoms with Crippen LogP contribution in [0.5, 0.6) is 0 Å². The number of carbonyl (C=O) groups is 2. The zero-order valence-corrected chi connectivity index (χ0v) is 15.0. The van der Waals surface area contributed by atoms with Gasteiger partial charge in [0.05, 0.1) is 0 Å². The summed E-state index contributed by atoms with van der Waals surface area (Å²) in [5.74, 6) is 0.565. The van der Waals surface area contributed by atoms with E-state index < -0.39 is 0 Å². The first-order valence-electron chi connectivity index (χ1n) is 9.32. The third-order valence-electron chi connectivity index (χ3n) is 5.28. The Labute approximate surface area is 152 Å². The summed E-state index contributed by atoms with van der Waals surface area (Å²) in [5, 5.41) is 3.11. The fraction of sp³-hybridized carbons (Fsp3) is 0.526. The number of oxazole rings is 1. The van der Waals surface area contributed by atoms with E-state index in [-0.39, 0.29) is 11.9 Å². The van der Waals surface area contributed by atoms with Crippen LogP contribution in [-0.4, -0.2) is 58.9 Å². The molecule has 1 aromatic carbocycles. The van der Waals surface area contributed by atoms with Crippen molar-refractivity contribution >= 4 is 23.0 Å². The second-order valence-electron chi connectivity index (χ2n) is 7.13. The molecule has 0 atom stereocenters. The van der Waals surface area contributed by atoms with Crippen LogP contribution in [0.4, 0.5) is 4.79 Å². The predicted molar refractivity (Wildman–Crippen MR) is 97.0 cm³/mol. The summed E-state index contributed by atoms with van der Waals surface area (Å²) in [6.07, 6.45) is 4.55. The van der Waals surface area contributed by atoms with Gasteiger partial charge in [0.15, 0.2) is 11.5 Å². The Bertz CT molecular complexity index is 817. The normalized spacial score (nSPS) is 18.5. The van der Waals surface area contributed by atoms with Crippen molar-refractivity contribution in [3.63, 3.8) is 0 Å². The number of amides is 3. The molecule has 26 heavy (non-hydrogen) atoms. The minimum atomic E-state index is -0.0246. The average molecular weight is 356 g/mol. The molecule has 2 fully saturated rings. The van der Waals surface area contributed by atoms with Crippen molar-refractivity contribution in [1.82, 2.24) is 20.1 Å². The second kappa shape index (κ2) is 6.97. The monoisotopic (exact) mass is 356 g/mol. The summed E-state index contributed by atoms with van der Waals surface area (Å²) in [4.78, 5) is 33.0. The van der Waals surface area contributed by atoms with Crippen LogP contribution in [-0.2, 0) is 0 Å². The Morgan fingerprint density at radius 3 is 2.54 bits per heavy atom. The molecule has 0 unspecified atom stereocenters. The summed E-state index contributed by atoms with van der Waals surface area (Å²) in [6.45, 7) is 4.02. The molecule has 3 amide bonds. The van der Waals surface area contributed by atoms with Crippen molar-refractivity contribution in [3.8, 4) is 0 Å². The Morgan fingerprint density at radius 1 is 1.12 bits per heavy atom. The zero-order valence-electron chi connectivity index (χ0n) is 15.0. The van der Waals surface area contributed by atoms with Gasteiger partial charge in [-0.2, -0.15) is 0 Å². The number of piperazine rings is 1. The standard InChI is InChI=1S/C19H24N4O3/c1-13-20-16-12-14(6-7-17(16)26-13)18(24)22-8-10-23(11-9-22)19(25)21-15-4-2-3-5-15/h6-7,12,15H,2-5,8-11H2,1H3,(H,21,25). The van der Waals surface area contributed by atoms with Crippen LogP contribution in [0.15, 0.2) is 22.6 Å². The lowest BCUT2D eigenvalue weighted by atomic mass is 10.1. The van der Waals surface area contributed by atoms with Crippen molar-refractivity contribution in [2.75, 3.05) is 26.2 Å². The van der Waals surface area contributed by atoms with E-state index in [2.05, 4.69) is 10.3 Å². The molecule has 1 aliphatic carbocycles. The summed E-state index contributed by atoms with van der Waals surface area (Å²) < 4.78 is 5.46. The van der Waals surface area contributed by atoms with Gasteiger partial charge in [-0.15, -0.1) is 0 Å². The van der Waals surface area contributed by atoms with Crippen molar-refractivity contribution in [2.45, 2.75) is 38.6 Å². The number of nitrogens with one attached hydrogen (secondary N) is 1. The number of rotatable bonds is 2. The van der Waals surface area contributed by atoms with Gasteiger partial charge in [0.25, 0.3) is 5.91 Å². The maximum Gasteiger partial charge on any atom is 0.317 e. The van der Waals surface area contributed by atoms with Gasteiger partial charge < -0.3 is 19.5 Å². The topological polar surface area (TPSA) is 78.7 Å². The molecule has 7 nitrogen and oxygen atoms in total. The van der Waals surface area contributed by atoms with E-state index >= 15 is 0 Å². The minimum Gasteiger partial charge on any atom is -0.441 e. The highest BCUT2D eigenvalue weighted by Gasteiger charge is 2.27. The lowest BCUT2D eigenvalue weighted by Gasteiger charge is -2.35. The fourth-order valence-corrected chi connectivity index (χ4v) is 3.81. The quantitative estimate of drug-likeness (QED) is 0.897. The molecular weight excluding hydrogens is 332 g/mol. The van der Waals surface area contributed by atoms with Gasteiger partial charge in [0.1, 0.15) is 5.52 Å². The Balaban J connectivity index is 1.35. The SMILES string of the molecule is Cc1nc2cc(C(=O)N3CCN(C(=O)NC4CCCC4)CC3)ccc2o1. The number of aromatic nitrogens is 1. The van der Waals surface area contributed by atoms with Crippen LogP contribution in [0.3, 0.4) is 0 Å². The van der Waals surface area contributed by atoms with Crippen molar-refractivity contribution in [1.29, 1.82) is 0 Å². The summed E-state index contributed by atoms with van der Waals surface area (Å²) in [6, 6.07) is 5.65. The summed E-state index contributed by atoms with van der Waals surface area (Å²) >= 11 is 0. The number of nitrogens with zero attached hydrogens (tertiary/aromatic N) is 3. The first-order valence-corrected chi connectivity index (χ1v) is 9.32.